The van der Waals surface area contributed by atoms with Crippen molar-refractivity contribution in [2.45, 2.75) is 0 Å². The lowest BCUT2D eigenvalue weighted by Crippen LogP contribution is -2.01. The van der Waals surface area contributed by atoms with E-state index in [0.717, 1.165) is 11.1 Å². The van der Waals surface area contributed by atoms with Crippen molar-refractivity contribution in [2.75, 3.05) is 0 Å². The number of para-hydroxylation sites is 1. The van der Waals surface area contributed by atoms with E-state index >= 15 is 0 Å². The molecule has 0 aliphatic heterocycles. The van der Waals surface area contributed by atoms with Crippen molar-refractivity contribution in [1.82, 2.24) is 0 Å². The van der Waals surface area contributed by atoms with Crippen molar-refractivity contribution in [3.63, 3.8) is 0 Å². The van der Waals surface area contributed by atoms with Crippen LogP contribution in [0.25, 0.3) is 0 Å². The van der Waals surface area contributed by atoms with E-state index in [2.05, 4.69) is 11.8 Å². The maximum Gasteiger partial charge on any atom is 0.504 e. The average Bonchev–Trinajstić information content (AvgIpc) is 2.39. The lowest BCUT2D eigenvalue weighted by molar-refractivity contribution is 0.453. The zero-order valence-electron chi connectivity index (χ0n) is 9.26. The van der Waals surface area contributed by atoms with Crippen molar-refractivity contribution >= 4 is 7.69 Å². The van der Waals surface area contributed by atoms with Crippen LogP contribution in [0, 0.1) is 11.8 Å². The van der Waals surface area contributed by atoms with Crippen LogP contribution in [0.1, 0.15) is 11.1 Å². The first-order valence-electron chi connectivity index (χ1n) is 5.30. The van der Waals surface area contributed by atoms with Crippen molar-refractivity contribution in [3.8, 4) is 17.6 Å². The number of benzene rings is 2. The van der Waals surface area contributed by atoms with Crippen LogP contribution < -0.4 is 4.65 Å². The maximum atomic E-state index is 8.76. The van der Waals surface area contributed by atoms with Crippen LogP contribution in [-0.2, 0) is 0 Å². The van der Waals surface area contributed by atoms with E-state index in [4.69, 9.17) is 9.68 Å². The summed E-state index contributed by atoms with van der Waals surface area (Å²) in [5, 5.41) is 8.76. The summed E-state index contributed by atoms with van der Waals surface area (Å²) in [6.07, 6.45) is 0. The van der Waals surface area contributed by atoms with Crippen LogP contribution in [0.15, 0.2) is 54.6 Å². The SMILES string of the molecule is OBOc1ccccc1C#Cc1ccccc1. The third-order valence-corrected chi connectivity index (χ3v) is 2.22. The summed E-state index contributed by atoms with van der Waals surface area (Å²) in [6, 6.07) is 17.1. The van der Waals surface area contributed by atoms with Gasteiger partial charge in [-0.15, -0.1) is 0 Å². The Bertz CT molecular complexity index is 541. The molecule has 2 aromatic rings. The molecule has 2 nitrogen and oxygen atoms in total. The molecule has 0 saturated carbocycles. The predicted molar refractivity (Wildman–Crippen MR) is 68.9 cm³/mol. The van der Waals surface area contributed by atoms with Gasteiger partial charge in [-0.2, -0.15) is 0 Å². The Hall–Kier alpha value is -2.18. The average molecular weight is 222 g/mol. The number of hydrogen-bond acceptors (Lipinski definition) is 2. The Kier molecular flexibility index (Phi) is 3.85. The molecule has 0 aliphatic carbocycles. The Balaban J connectivity index is 2.27. The quantitative estimate of drug-likeness (QED) is 0.619. The topological polar surface area (TPSA) is 29.5 Å². The third-order valence-electron chi connectivity index (χ3n) is 2.22. The van der Waals surface area contributed by atoms with Crippen LogP contribution >= 0.6 is 0 Å². The van der Waals surface area contributed by atoms with Gasteiger partial charge in [0, 0.05) is 5.56 Å². The van der Waals surface area contributed by atoms with Crippen molar-refractivity contribution < 1.29 is 9.68 Å². The Morgan fingerprint density at radius 2 is 1.59 bits per heavy atom. The number of hydrogen-bond donors (Lipinski definition) is 1. The van der Waals surface area contributed by atoms with E-state index in [0.29, 0.717) is 5.75 Å². The maximum absolute atomic E-state index is 8.76. The zero-order chi connectivity index (χ0) is 11.9. The molecule has 17 heavy (non-hydrogen) atoms. The molecule has 3 heteroatoms. The molecule has 0 heterocycles. The molecule has 0 saturated heterocycles. The van der Waals surface area contributed by atoms with E-state index in [9.17, 15) is 0 Å². The van der Waals surface area contributed by atoms with Crippen LogP contribution in [0.3, 0.4) is 0 Å². The summed E-state index contributed by atoms with van der Waals surface area (Å²) in [7, 11) is -0.343. The molecular weight excluding hydrogens is 211 g/mol. The highest BCUT2D eigenvalue weighted by Gasteiger charge is 1.98. The summed E-state index contributed by atoms with van der Waals surface area (Å²) < 4.78 is 5.08. The van der Waals surface area contributed by atoms with Crippen LogP contribution in [0.2, 0.25) is 0 Å². The summed E-state index contributed by atoms with van der Waals surface area (Å²) in [4.78, 5) is 0. The molecule has 2 rings (SSSR count). The van der Waals surface area contributed by atoms with Gasteiger partial charge in [0.15, 0.2) is 0 Å². The third kappa shape index (κ3) is 3.14. The minimum atomic E-state index is -0.343. The monoisotopic (exact) mass is 222 g/mol. The van der Waals surface area contributed by atoms with E-state index in [-0.39, 0.29) is 7.69 Å². The molecule has 0 fully saturated rings. The van der Waals surface area contributed by atoms with Crippen molar-refractivity contribution in [2.24, 2.45) is 0 Å². The zero-order valence-corrected chi connectivity index (χ0v) is 9.26. The summed E-state index contributed by atoms with van der Waals surface area (Å²) in [5.74, 6) is 6.67. The molecule has 0 amide bonds. The van der Waals surface area contributed by atoms with Gasteiger partial charge in [-0.25, -0.2) is 0 Å². The van der Waals surface area contributed by atoms with Crippen LogP contribution in [0.5, 0.6) is 5.75 Å². The highest BCUT2D eigenvalue weighted by Crippen LogP contribution is 2.15. The molecule has 1 N–H and O–H groups in total. The molecule has 82 valence electrons. The lowest BCUT2D eigenvalue weighted by atomic mass is 10.1. The first-order valence-corrected chi connectivity index (χ1v) is 5.30. The molecule has 0 bridgehead atoms. The van der Waals surface area contributed by atoms with Gasteiger partial charge in [-0.1, -0.05) is 42.2 Å². The van der Waals surface area contributed by atoms with Gasteiger partial charge >= 0.3 is 7.69 Å². The van der Waals surface area contributed by atoms with E-state index in [1.54, 1.807) is 6.07 Å². The Morgan fingerprint density at radius 3 is 2.35 bits per heavy atom. The van der Waals surface area contributed by atoms with Gasteiger partial charge in [-0.05, 0) is 24.3 Å². The predicted octanol–water partition coefficient (Wildman–Crippen LogP) is 1.72. The minimum absolute atomic E-state index is 0.343. The summed E-state index contributed by atoms with van der Waals surface area (Å²) in [5.41, 5.74) is 1.72. The second kappa shape index (κ2) is 5.79. The van der Waals surface area contributed by atoms with E-state index in [1.807, 2.05) is 48.5 Å². The smallest absolute Gasteiger partial charge is 0.504 e. The summed E-state index contributed by atoms with van der Waals surface area (Å²) in [6.45, 7) is 0. The van der Waals surface area contributed by atoms with Gasteiger partial charge < -0.3 is 9.68 Å². The second-order valence-electron chi connectivity index (χ2n) is 3.39. The first kappa shape index (κ1) is 11.3. The van der Waals surface area contributed by atoms with Gasteiger partial charge in [0.2, 0.25) is 0 Å². The molecule has 0 unspecified atom stereocenters. The van der Waals surface area contributed by atoms with Gasteiger partial charge in [0.05, 0.1) is 5.56 Å². The van der Waals surface area contributed by atoms with Gasteiger partial charge in [-0.3, -0.25) is 0 Å². The van der Waals surface area contributed by atoms with Crippen LogP contribution in [0.4, 0.5) is 0 Å². The standard InChI is InChI=1S/C14H11BO2/c16-15-17-14-9-5-4-8-13(14)11-10-12-6-2-1-3-7-12/h1-9,15-16H. The van der Waals surface area contributed by atoms with E-state index in [1.165, 1.54) is 0 Å². The molecule has 0 radical (unpaired) electrons. The van der Waals surface area contributed by atoms with Crippen LogP contribution in [-0.4, -0.2) is 12.7 Å². The molecule has 0 spiro atoms. The highest BCUT2D eigenvalue weighted by atomic mass is 16.5. The molecule has 0 aromatic heterocycles. The fraction of sp³-hybridized carbons (Fsp3) is 0. The Labute approximate surface area is 101 Å². The normalized spacial score (nSPS) is 9.00. The van der Waals surface area contributed by atoms with Gasteiger partial charge in [0.1, 0.15) is 5.75 Å². The first-order chi connectivity index (χ1) is 8.40. The lowest BCUT2D eigenvalue weighted by Gasteiger charge is -2.03. The van der Waals surface area contributed by atoms with Crippen molar-refractivity contribution in [3.05, 3.63) is 65.7 Å². The summed E-state index contributed by atoms with van der Waals surface area (Å²) >= 11 is 0. The molecule has 2 aromatic carbocycles. The van der Waals surface area contributed by atoms with Crippen molar-refractivity contribution in [1.29, 1.82) is 0 Å². The molecule has 0 aliphatic rings. The second-order valence-corrected chi connectivity index (χ2v) is 3.39. The fourth-order valence-electron chi connectivity index (χ4n) is 1.43. The number of rotatable bonds is 2. The molecule has 0 atom stereocenters. The Morgan fingerprint density at radius 1 is 0.882 bits per heavy atom. The minimum Gasteiger partial charge on any atom is -0.538 e. The largest absolute Gasteiger partial charge is 0.538 e. The fourth-order valence-corrected chi connectivity index (χ4v) is 1.43. The van der Waals surface area contributed by atoms with Gasteiger partial charge in [0.25, 0.3) is 0 Å². The molecular formula is C14H11BO2. The highest BCUT2D eigenvalue weighted by molar-refractivity contribution is 6.17. The van der Waals surface area contributed by atoms with E-state index < -0.39 is 0 Å².